The fraction of sp³-hybridized carbons (Fsp3) is 0.0714. The molecule has 2 rings (SSSR count). The number of aromatic carboxylic acids is 1. The van der Waals surface area contributed by atoms with Gasteiger partial charge in [0.25, 0.3) is 0 Å². The van der Waals surface area contributed by atoms with Gasteiger partial charge in [-0.3, -0.25) is 9.78 Å². The predicted molar refractivity (Wildman–Crippen MR) is 72.4 cm³/mol. The summed E-state index contributed by atoms with van der Waals surface area (Å²) in [5.74, 6) is -0.989. The minimum absolute atomic E-state index is 0. The molecule has 0 unspecified atom stereocenters. The number of nitrogens with zero attached hydrogens (tertiary/aromatic N) is 1. The zero-order chi connectivity index (χ0) is 13.1. The maximum absolute atomic E-state index is 11.1. The molecule has 4 nitrogen and oxygen atoms in total. The quantitative estimate of drug-likeness (QED) is 0.682. The minimum atomic E-state index is -0.957. The maximum Gasteiger partial charge on any atom is 0.335 e. The van der Waals surface area contributed by atoms with Crippen molar-refractivity contribution < 1.29 is 14.7 Å². The Bertz CT molecular complexity index is 536. The van der Waals surface area contributed by atoms with E-state index in [1.807, 2.05) is 0 Å². The largest absolute Gasteiger partial charge is 0.478 e. The maximum atomic E-state index is 11.1. The Morgan fingerprint density at radius 2 is 1.58 bits per heavy atom. The van der Waals surface area contributed by atoms with Crippen molar-refractivity contribution in [1.29, 1.82) is 0 Å². The Balaban J connectivity index is 0.00000180. The van der Waals surface area contributed by atoms with Gasteiger partial charge in [-0.05, 0) is 31.2 Å². The van der Waals surface area contributed by atoms with E-state index in [0.29, 0.717) is 11.3 Å². The SMILES string of the molecule is CC(=O)c1ccc(-c2ccc(C(=O)O)cc2)nc1.[Na]. The molecule has 5 heteroatoms. The van der Waals surface area contributed by atoms with Crippen LogP contribution in [0.2, 0.25) is 0 Å². The summed E-state index contributed by atoms with van der Waals surface area (Å²) in [5, 5.41) is 8.79. The van der Waals surface area contributed by atoms with Crippen molar-refractivity contribution in [1.82, 2.24) is 4.98 Å². The van der Waals surface area contributed by atoms with E-state index in [9.17, 15) is 9.59 Å². The number of hydrogen-bond acceptors (Lipinski definition) is 3. The molecule has 0 aliphatic rings. The van der Waals surface area contributed by atoms with E-state index in [0.717, 1.165) is 5.56 Å². The predicted octanol–water partition coefficient (Wildman–Crippen LogP) is 2.27. The first-order valence-corrected chi connectivity index (χ1v) is 5.38. The third-order valence-corrected chi connectivity index (χ3v) is 2.60. The summed E-state index contributed by atoms with van der Waals surface area (Å²) in [7, 11) is 0. The monoisotopic (exact) mass is 264 g/mol. The molecule has 0 saturated carbocycles. The standard InChI is InChI=1S/C14H11NO3.Na/c1-9(16)12-6-7-13(15-8-12)10-2-4-11(5-3-10)14(17)18;/h2-8H,1H3,(H,17,18);. The van der Waals surface area contributed by atoms with Crippen LogP contribution in [0.4, 0.5) is 0 Å². The van der Waals surface area contributed by atoms with E-state index in [1.165, 1.54) is 25.3 Å². The number of ketones is 1. The summed E-state index contributed by atoms with van der Waals surface area (Å²) in [6.07, 6.45) is 1.52. The van der Waals surface area contributed by atoms with Gasteiger partial charge in [0, 0.05) is 46.9 Å². The molecule has 1 aromatic carbocycles. The fourth-order valence-corrected chi connectivity index (χ4v) is 1.56. The van der Waals surface area contributed by atoms with Crippen molar-refractivity contribution >= 4 is 41.3 Å². The van der Waals surface area contributed by atoms with E-state index in [-0.39, 0.29) is 40.9 Å². The van der Waals surface area contributed by atoms with Gasteiger partial charge in [0.15, 0.2) is 5.78 Å². The Labute approximate surface area is 132 Å². The van der Waals surface area contributed by atoms with Crippen LogP contribution in [0.3, 0.4) is 0 Å². The van der Waals surface area contributed by atoms with Crippen LogP contribution in [0.15, 0.2) is 42.6 Å². The van der Waals surface area contributed by atoms with Gasteiger partial charge >= 0.3 is 5.97 Å². The van der Waals surface area contributed by atoms with Gasteiger partial charge in [0.1, 0.15) is 0 Å². The van der Waals surface area contributed by atoms with Crippen LogP contribution >= 0.6 is 0 Å². The zero-order valence-corrected chi connectivity index (χ0v) is 12.8. The number of carboxylic acids is 1. The normalized spacial score (nSPS) is 9.53. The number of carboxylic acid groups (broad SMARTS) is 1. The van der Waals surface area contributed by atoms with E-state index in [4.69, 9.17) is 5.11 Å². The molecule has 0 spiro atoms. The molecule has 2 aromatic rings. The molecular formula is C14H11NNaO3. The molecule has 0 atom stereocenters. The van der Waals surface area contributed by atoms with Crippen molar-refractivity contribution in [3.05, 3.63) is 53.7 Å². The number of pyridine rings is 1. The molecule has 91 valence electrons. The Kier molecular flexibility index (Phi) is 5.42. The Morgan fingerprint density at radius 1 is 1.00 bits per heavy atom. The molecule has 0 amide bonds. The van der Waals surface area contributed by atoms with Crippen molar-refractivity contribution in [2.45, 2.75) is 6.92 Å². The molecule has 0 aliphatic carbocycles. The molecule has 0 fully saturated rings. The number of aromatic nitrogens is 1. The van der Waals surface area contributed by atoms with Gasteiger partial charge in [-0.25, -0.2) is 4.79 Å². The van der Waals surface area contributed by atoms with Gasteiger partial charge in [-0.2, -0.15) is 0 Å². The molecule has 1 heterocycles. The van der Waals surface area contributed by atoms with Crippen LogP contribution in [0, 0.1) is 0 Å². The first-order valence-electron chi connectivity index (χ1n) is 5.38. The van der Waals surface area contributed by atoms with Gasteiger partial charge in [-0.15, -0.1) is 0 Å². The summed E-state index contributed by atoms with van der Waals surface area (Å²) >= 11 is 0. The number of rotatable bonds is 3. The number of benzene rings is 1. The van der Waals surface area contributed by atoms with Crippen LogP contribution < -0.4 is 0 Å². The molecule has 1 N–H and O–H groups in total. The van der Waals surface area contributed by atoms with Gasteiger partial charge in [0.05, 0.1) is 11.3 Å². The second-order valence-electron chi connectivity index (χ2n) is 3.87. The van der Waals surface area contributed by atoms with Crippen LogP contribution in [0.1, 0.15) is 27.6 Å². The smallest absolute Gasteiger partial charge is 0.335 e. The van der Waals surface area contributed by atoms with Gasteiger partial charge in [0.2, 0.25) is 0 Å². The molecule has 0 bridgehead atoms. The van der Waals surface area contributed by atoms with Crippen molar-refractivity contribution in [3.63, 3.8) is 0 Å². The van der Waals surface area contributed by atoms with Crippen LogP contribution in [-0.2, 0) is 0 Å². The first kappa shape index (κ1) is 15.6. The van der Waals surface area contributed by atoms with Crippen LogP contribution in [-0.4, -0.2) is 51.4 Å². The van der Waals surface area contributed by atoms with Gasteiger partial charge in [-0.1, -0.05) is 12.1 Å². The van der Waals surface area contributed by atoms with E-state index < -0.39 is 5.97 Å². The number of carbonyl (C=O) groups is 2. The van der Waals surface area contributed by atoms with Crippen molar-refractivity contribution in [2.24, 2.45) is 0 Å². The zero-order valence-electron chi connectivity index (χ0n) is 10.8. The van der Waals surface area contributed by atoms with Crippen molar-refractivity contribution in [2.75, 3.05) is 0 Å². The topological polar surface area (TPSA) is 67.3 Å². The van der Waals surface area contributed by atoms with Crippen LogP contribution in [0.5, 0.6) is 0 Å². The van der Waals surface area contributed by atoms with E-state index in [2.05, 4.69) is 4.98 Å². The Hall–Kier alpha value is -1.49. The summed E-state index contributed by atoms with van der Waals surface area (Å²) < 4.78 is 0. The molecule has 1 radical (unpaired) electrons. The summed E-state index contributed by atoms with van der Waals surface area (Å²) in [4.78, 5) is 26.0. The second-order valence-corrected chi connectivity index (χ2v) is 3.87. The minimum Gasteiger partial charge on any atom is -0.478 e. The van der Waals surface area contributed by atoms with E-state index in [1.54, 1.807) is 24.3 Å². The average molecular weight is 264 g/mol. The molecular weight excluding hydrogens is 253 g/mol. The third kappa shape index (κ3) is 3.73. The molecule has 0 aliphatic heterocycles. The fourth-order valence-electron chi connectivity index (χ4n) is 1.56. The van der Waals surface area contributed by atoms with Crippen LogP contribution in [0.25, 0.3) is 11.3 Å². The number of carbonyl (C=O) groups excluding carboxylic acids is 1. The molecule has 0 saturated heterocycles. The average Bonchev–Trinajstić information content (AvgIpc) is 2.39. The van der Waals surface area contributed by atoms with Gasteiger partial charge < -0.3 is 5.11 Å². The number of hydrogen-bond donors (Lipinski definition) is 1. The third-order valence-electron chi connectivity index (χ3n) is 2.60. The molecule has 19 heavy (non-hydrogen) atoms. The summed E-state index contributed by atoms with van der Waals surface area (Å²) in [6, 6.07) is 9.89. The number of Topliss-reactive ketones (excluding diaryl/α,β-unsaturated/α-hetero) is 1. The van der Waals surface area contributed by atoms with Crippen molar-refractivity contribution in [3.8, 4) is 11.3 Å². The molecule has 1 aromatic heterocycles. The Morgan fingerprint density at radius 3 is 2.00 bits per heavy atom. The first-order chi connectivity index (χ1) is 8.58. The summed E-state index contributed by atoms with van der Waals surface area (Å²) in [5.41, 5.74) is 2.31. The summed E-state index contributed by atoms with van der Waals surface area (Å²) in [6.45, 7) is 1.48. The van der Waals surface area contributed by atoms with E-state index >= 15 is 0 Å². The second kappa shape index (κ2) is 6.61.